The third-order valence-corrected chi connectivity index (χ3v) is 4.93. The van der Waals surface area contributed by atoms with Crippen LogP contribution in [0.2, 0.25) is 5.02 Å². The lowest BCUT2D eigenvalue weighted by molar-refractivity contribution is 0.628. The fourth-order valence-electron chi connectivity index (χ4n) is 2.57. The summed E-state index contributed by atoms with van der Waals surface area (Å²) in [5.74, 6) is 0.122. The molecule has 24 heavy (non-hydrogen) atoms. The van der Waals surface area contributed by atoms with Crippen molar-refractivity contribution in [2.24, 2.45) is 0 Å². The molecule has 0 aliphatic rings. The summed E-state index contributed by atoms with van der Waals surface area (Å²) in [6, 6.07) is 13.3. The van der Waals surface area contributed by atoms with Gasteiger partial charge in [-0.2, -0.15) is 0 Å². The average molecular weight is 357 g/mol. The maximum atomic E-state index is 13.1. The van der Waals surface area contributed by atoms with Crippen molar-refractivity contribution in [3.63, 3.8) is 0 Å². The highest BCUT2D eigenvalue weighted by Crippen LogP contribution is 2.32. The number of halogens is 2. The maximum Gasteiger partial charge on any atom is 0.260 e. The zero-order valence-electron chi connectivity index (χ0n) is 12.2. The van der Waals surface area contributed by atoms with Gasteiger partial charge in [0.25, 0.3) is 5.56 Å². The summed E-state index contributed by atoms with van der Waals surface area (Å²) >= 11 is 7.56. The van der Waals surface area contributed by atoms with Crippen molar-refractivity contribution >= 4 is 33.2 Å². The molecule has 4 aromatic rings. The predicted molar refractivity (Wildman–Crippen MR) is 96.1 cm³/mol. The van der Waals surface area contributed by atoms with Crippen molar-refractivity contribution in [3.8, 4) is 22.5 Å². The Morgan fingerprint density at radius 2 is 1.79 bits per heavy atom. The predicted octanol–water partition coefficient (Wildman–Crippen LogP) is 5.11. The molecule has 2 aromatic carbocycles. The minimum absolute atomic E-state index is 0.240. The van der Waals surface area contributed by atoms with Crippen LogP contribution in [0.1, 0.15) is 0 Å². The summed E-state index contributed by atoms with van der Waals surface area (Å²) in [5, 5.41) is 2.88. The van der Waals surface area contributed by atoms with Gasteiger partial charge in [-0.1, -0.05) is 35.9 Å². The fourth-order valence-corrected chi connectivity index (χ4v) is 3.74. The summed E-state index contributed by atoms with van der Waals surface area (Å²) in [4.78, 5) is 20.6. The molecule has 0 saturated carbocycles. The molecule has 0 saturated heterocycles. The van der Waals surface area contributed by atoms with E-state index in [1.807, 2.05) is 17.5 Å². The Hall–Kier alpha value is -2.50. The Morgan fingerprint density at radius 3 is 2.54 bits per heavy atom. The monoisotopic (exact) mass is 356 g/mol. The molecule has 0 spiro atoms. The van der Waals surface area contributed by atoms with Crippen molar-refractivity contribution in [1.29, 1.82) is 0 Å². The first kappa shape index (κ1) is 15.1. The van der Waals surface area contributed by atoms with Crippen LogP contribution in [0.3, 0.4) is 0 Å². The first-order valence-electron chi connectivity index (χ1n) is 7.16. The smallest absolute Gasteiger partial charge is 0.260 e. The minimum Gasteiger partial charge on any atom is -0.306 e. The van der Waals surface area contributed by atoms with Crippen molar-refractivity contribution in [2.75, 3.05) is 0 Å². The molecule has 0 unspecified atom stereocenters. The van der Waals surface area contributed by atoms with Crippen LogP contribution in [0.15, 0.2) is 58.7 Å². The Balaban J connectivity index is 1.92. The lowest BCUT2D eigenvalue weighted by Crippen LogP contribution is -2.09. The summed E-state index contributed by atoms with van der Waals surface area (Å²) in [7, 11) is 0. The first-order valence-corrected chi connectivity index (χ1v) is 8.41. The second kappa shape index (κ2) is 5.85. The molecule has 6 heteroatoms. The molecule has 2 aromatic heterocycles. The molecule has 0 aliphatic heterocycles. The van der Waals surface area contributed by atoms with Crippen molar-refractivity contribution in [3.05, 3.63) is 75.1 Å². The molecule has 4 rings (SSSR count). The average Bonchev–Trinajstić information content (AvgIpc) is 3.00. The van der Waals surface area contributed by atoms with Gasteiger partial charge in [0.05, 0.1) is 10.4 Å². The molecule has 0 amide bonds. The minimum atomic E-state index is -0.314. The third-order valence-electron chi connectivity index (χ3n) is 3.73. The van der Waals surface area contributed by atoms with E-state index in [-0.39, 0.29) is 11.4 Å². The van der Waals surface area contributed by atoms with E-state index >= 15 is 0 Å². The first-order chi connectivity index (χ1) is 11.6. The zero-order chi connectivity index (χ0) is 16.7. The molecule has 0 radical (unpaired) electrons. The number of hydrogen-bond donors (Lipinski definition) is 1. The second-order valence-electron chi connectivity index (χ2n) is 5.23. The summed E-state index contributed by atoms with van der Waals surface area (Å²) in [6.07, 6.45) is 0. The van der Waals surface area contributed by atoms with Crippen LogP contribution in [0.25, 0.3) is 32.7 Å². The van der Waals surface area contributed by atoms with Crippen LogP contribution in [0.5, 0.6) is 0 Å². The molecule has 3 nitrogen and oxygen atoms in total. The normalized spacial score (nSPS) is 11.1. The van der Waals surface area contributed by atoms with Gasteiger partial charge in [0.1, 0.15) is 16.5 Å². The van der Waals surface area contributed by atoms with Gasteiger partial charge >= 0.3 is 0 Å². The van der Waals surface area contributed by atoms with E-state index in [9.17, 15) is 9.18 Å². The SMILES string of the molecule is O=c1[nH]c(-c2ccccc2Cl)nc2scc(-c3ccc(F)cc3)c12. The molecule has 0 aliphatic carbocycles. The van der Waals surface area contributed by atoms with Gasteiger partial charge in [0, 0.05) is 16.5 Å². The zero-order valence-corrected chi connectivity index (χ0v) is 13.8. The van der Waals surface area contributed by atoms with E-state index in [2.05, 4.69) is 9.97 Å². The molecular formula is C18H10ClFN2OS. The van der Waals surface area contributed by atoms with E-state index in [1.165, 1.54) is 23.5 Å². The molecule has 0 fully saturated rings. The van der Waals surface area contributed by atoms with Gasteiger partial charge < -0.3 is 4.98 Å². The van der Waals surface area contributed by atoms with E-state index < -0.39 is 0 Å². The Labute approximate surface area is 145 Å². The number of nitrogens with zero attached hydrogens (tertiary/aromatic N) is 1. The van der Waals surface area contributed by atoms with Crippen LogP contribution in [0, 0.1) is 5.82 Å². The molecule has 0 atom stereocenters. The van der Waals surface area contributed by atoms with E-state index in [0.29, 0.717) is 26.6 Å². The van der Waals surface area contributed by atoms with Crippen LogP contribution in [0.4, 0.5) is 4.39 Å². The largest absolute Gasteiger partial charge is 0.306 e. The number of fused-ring (bicyclic) bond motifs is 1. The number of aromatic amines is 1. The van der Waals surface area contributed by atoms with Crippen LogP contribution < -0.4 is 5.56 Å². The Kier molecular flexibility index (Phi) is 3.67. The lowest BCUT2D eigenvalue weighted by atomic mass is 10.1. The summed E-state index contributed by atoms with van der Waals surface area (Å²) in [6.45, 7) is 0. The van der Waals surface area contributed by atoms with E-state index in [1.54, 1.807) is 24.3 Å². The van der Waals surface area contributed by atoms with Gasteiger partial charge in [-0.05, 0) is 29.8 Å². The molecular weight excluding hydrogens is 347 g/mol. The van der Waals surface area contributed by atoms with Crippen molar-refractivity contribution in [1.82, 2.24) is 9.97 Å². The van der Waals surface area contributed by atoms with Crippen LogP contribution in [-0.4, -0.2) is 9.97 Å². The highest BCUT2D eigenvalue weighted by molar-refractivity contribution is 7.17. The second-order valence-corrected chi connectivity index (χ2v) is 6.50. The Bertz CT molecular complexity index is 1100. The van der Waals surface area contributed by atoms with E-state index in [4.69, 9.17) is 11.6 Å². The standard InChI is InChI=1S/C18H10ClFN2OS/c19-14-4-2-1-3-12(14)16-21-17(23)15-13(9-24-18(15)22-16)10-5-7-11(20)8-6-10/h1-9H,(H,21,22,23). The topological polar surface area (TPSA) is 45.8 Å². The molecule has 0 bridgehead atoms. The summed E-state index contributed by atoms with van der Waals surface area (Å²) in [5.41, 5.74) is 1.96. The third kappa shape index (κ3) is 2.52. The lowest BCUT2D eigenvalue weighted by Gasteiger charge is -2.04. The number of thiophene rings is 1. The number of rotatable bonds is 2. The number of H-pyrrole nitrogens is 1. The Morgan fingerprint density at radius 1 is 1.04 bits per heavy atom. The molecule has 2 heterocycles. The van der Waals surface area contributed by atoms with Crippen molar-refractivity contribution in [2.45, 2.75) is 0 Å². The van der Waals surface area contributed by atoms with Gasteiger partial charge in [-0.15, -0.1) is 11.3 Å². The highest BCUT2D eigenvalue weighted by Gasteiger charge is 2.14. The number of hydrogen-bond acceptors (Lipinski definition) is 3. The number of nitrogens with one attached hydrogen (secondary N) is 1. The maximum absolute atomic E-state index is 13.1. The summed E-state index contributed by atoms with van der Waals surface area (Å²) < 4.78 is 13.1. The molecule has 1 N–H and O–H groups in total. The van der Waals surface area contributed by atoms with Crippen molar-refractivity contribution < 1.29 is 4.39 Å². The van der Waals surface area contributed by atoms with Gasteiger partial charge in [-0.25, -0.2) is 9.37 Å². The number of benzene rings is 2. The van der Waals surface area contributed by atoms with Gasteiger partial charge in [0.2, 0.25) is 0 Å². The van der Waals surface area contributed by atoms with Gasteiger partial charge in [0.15, 0.2) is 0 Å². The van der Waals surface area contributed by atoms with Crippen LogP contribution in [-0.2, 0) is 0 Å². The fraction of sp³-hybridized carbons (Fsp3) is 0. The van der Waals surface area contributed by atoms with E-state index in [0.717, 1.165) is 11.1 Å². The van der Waals surface area contributed by atoms with Crippen LogP contribution >= 0.6 is 22.9 Å². The molecule has 118 valence electrons. The number of aromatic nitrogens is 2. The quantitative estimate of drug-likeness (QED) is 0.542. The van der Waals surface area contributed by atoms with Gasteiger partial charge in [-0.3, -0.25) is 4.79 Å². The highest BCUT2D eigenvalue weighted by atomic mass is 35.5.